The molecule has 0 aliphatic carbocycles. The number of piperidine rings is 1. The van der Waals surface area contributed by atoms with Crippen molar-refractivity contribution in [1.29, 1.82) is 0 Å². The molecule has 0 radical (unpaired) electrons. The van der Waals surface area contributed by atoms with Gasteiger partial charge in [0, 0.05) is 43.0 Å². The molecule has 2 aliphatic rings. The van der Waals surface area contributed by atoms with E-state index in [1.807, 2.05) is 82.4 Å². The molecule has 2 aliphatic heterocycles. The Bertz CT molecular complexity index is 1090. The fourth-order valence-electron chi connectivity index (χ4n) is 4.94. The first-order chi connectivity index (χ1) is 15.2. The van der Waals surface area contributed by atoms with E-state index in [2.05, 4.69) is 5.32 Å². The van der Waals surface area contributed by atoms with E-state index in [9.17, 15) is 9.59 Å². The van der Waals surface area contributed by atoms with Gasteiger partial charge in [-0.3, -0.25) is 9.59 Å². The number of Topliss-reactive ketones (excluding diaryl/α,β-unsaturated/α-hetero) is 1. The van der Waals surface area contributed by atoms with Gasteiger partial charge in [0.05, 0.1) is 5.69 Å². The zero-order valence-electron chi connectivity index (χ0n) is 17.5. The molecule has 5 nitrogen and oxygen atoms in total. The largest absolute Gasteiger partial charge is 0.334 e. The maximum Gasteiger partial charge on any atom is 0.254 e. The highest BCUT2D eigenvalue weighted by molar-refractivity contribution is 5.98. The number of fused-ring (bicyclic) bond motifs is 1. The molecule has 1 saturated heterocycles. The molecule has 158 valence electrons. The normalized spacial score (nSPS) is 20.6. The van der Waals surface area contributed by atoms with E-state index in [1.54, 1.807) is 0 Å². The number of nitrogens with zero attached hydrogens (tertiary/aromatic N) is 2. The third-order valence-electron chi connectivity index (χ3n) is 6.48. The van der Waals surface area contributed by atoms with Crippen molar-refractivity contribution in [1.82, 2.24) is 14.8 Å². The van der Waals surface area contributed by atoms with Crippen LogP contribution in [0.1, 0.15) is 45.7 Å². The molecule has 3 heterocycles. The second kappa shape index (κ2) is 8.52. The molecule has 1 aromatic heterocycles. The van der Waals surface area contributed by atoms with Crippen molar-refractivity contribution in [2.45, 2.75) is 31.8 Å². The summed E-state index contributed by atoms with van der Waals surface area (Å²) in [6.45, 7) is 2.35. The van der Waals surface area contributed by atoms with Gasteiger partial charge in [-0.25, -0.2) is 0 Å². The summed E-state index contributed by atoms with van der Waals surface area (Å²) >= 11 is 0. The predicted molar refractivity (Wildman–Crippen MR) is 120 cm³/mol. The van der Waals surface area contributed by atoms with Gasteiger partial charge in [-0.05, 0) is 61.2 Å². The summed E-state index contributed by atoms with van der Waals surface area (Å²) in [5.74, 6) is 0.706. The van der Waals surface area contributed by atoms with Crippen LogP contribution in [0.3, 0.4) is 0 Å². The number of hydrogen-bond donors (Lipinski definition) is 1. The maximum absolute atomic E-state index is 13.1. The molecule has 2 aromatic carbocycles. The first-order valence-electron chi connectivity index (χ1n) is 11.1. The molecule has 0 saturated carbocycles. The third-order valence-corrected chi connectivity index (χ3v) is 6.48. The second-order valence-corrected chi connectivity index (χ2v) is 8.61. The first kappa shape index (κ1) is 19.8. The Balaban J connectivity index is 1.22. The minimum Gasteiger partial charge on any atom is -0.334 e. The number of amides is 1. The van der Waals surface area contributed by atoms with Gasteiger partial charge in [0.2, 0.25) is 0 Å². The Kier molecular flexibility index (Phi) is 5.43. The van der Waals surface area contributed by atoms with E-state index in [0.29, 0.717) is 18.9 Å². The van der Waals surface area contributed by atoms with Crippen molar-refractivity contribution >= 4 is 11.7 Å². The van der Waals surface area contributed by atoms with Crippen molar-refractivity contribution < 1.29 is 9.59 Å². The number of rotatable bonds is 6. The zero-order chi connectivity index (χ0) is 21.2. The quantitative estimate of drug-likeness (QED) is 0.620. The Morgan fingerprint density at radius 2 is 1.81 bits per heavy atom. The Labute approximate surface area is 182 Å². The van der Waals surface area contributed by atoms with Crippen LogP contribution in [0.15, 0.2) is 72.9 Å². The number of ketones is 1. The number of carbonyl (C=O) groups excluding carboxylic acids is 2. The van der Waals surface area contributed by atoms with Crippen molar-refractivity contribution in [2.24, 2.45) is 5.92 Å². The summed E-state index contributed by atoms with van der Waals surface area (Å²) < 4.78 is 1.96. The highest BCUT2D eigenvalue weighted by Crippen LogP contribution is 2.27. The van der Waals surface area contributed by atoms with Gasteiger partial charge >= 0.3 is 0 Å². The molecule has 2 unspecified atom stereocenters. The highest BCUT2D eigenvalue weighted by atomic mass is 16.2. The van der Waals surface area contributed by atoms with Gasteiger partial charge in [-0.15, -0.1) is 0 Å². The van der Waals surface area contributed by atoms with E-state index in [4.69, 9.17) is 0 Å². The lowest BCUT2D eigenvalue weighted by molar-refractivity contribution is 0.0726. The molecule has 3 aromatic rings. The summed E-state index contributed by atoms with van der Waals surface area (Å²) in [6, 6.07) is 21.8. The van der Waals surface area contributed by atoms with Crippen molar-refractivity contribution in [2.75, 3.05) is 13.1 Å². The van der Waals surface area contributed by atoms with Crippen LogP contribution < -0.4 is 5.32 Å². The molecular formula is C26H27N3O2. The summed E-state index contributed by atoms with van der Waals surface area (Å²) in [5, 5.41) is 3.52. The van der Waals surface area contributed by atoms with Gasteiger partial charge in [0.15, 0.2) is 5.78 Å². The number of para-hydroxylation sites is 1. The standard InChI is InChI=1S/C26H27N3O2/c30-25(24-11-6-14-29(24)22-8-2-1-3-9-22)16-21-15-19(12-13-27-21)17-28-18-20-7-4-5-10-23(20)26(28)31/h1-11,14,19,21,27H,12-13,15-18H2. The molecule has 1 N–H and O–H groups in total. The topological polar surface area (TPSA) is 54.3 Å². The van der Waals surface area contributed by atoms with Crippen LogP contribution in [0.4, 0.5) is 0 Å². The number of carbonyl (C=O) groups is 2. The van der Waals surface area contributed by atoms with Crippen LogP contribution >= 0.6 is 0 Å². The van der Waals surface area contributed by atoms with E-state index in [-0.39, 0.29) is 17.7 Å². The number of hydrogen-bond acceptors (Lipinski definition) is 3. The van der Waals surface area contributed by atoms with Gasteiger partial charge in [-0.1, -0.05) is 36.4 Å². The van der Waals surface area contributed by atoms with Crippen LogP contribution in [0, 0.1) is 5.92 Å². The van der Waals surface area contributed by atoms with E-state index in [0.717, 1.165) is 48.4 Å². The molecule has 5 rings (SSSR count). The Morgan fingerprint density at radius 1 is 1.00 bits per heavy atom. The first-order valence-corrected chi connectivity index (χ1v) is 11.1. The van der Waals surface area contributed by atoms with Crippen LogP contribution in [0.5, 0.6) is 0 Å². The second-order valence-electron chi connectivity index (χ2n) is 8.61. The zero-order valence-corrected chi connectivity index (χ0v) is 17.5. The molecule has 0 bridgehead atoms. The average Bonchev–Trinajstić information content (AvgIpc) is 3.40. The van der Waals surface area contributed by atoms with Crippen LogP contribution in [0.25, 0.3) is 5.69 Å². The summed E-state index contributed by atoms with van der Waals surface area (Å²) in [5.41, 5.74) is 3.68. The lowest BCUT2D eigenvalue weighted by atomic mass is 9.89. The molecule has 1 fully saturated rings. The molecular weight excluding hydrogens is 386 g/mol. The fourth-order valence-corrected chi connectivity index (χ4v) is 4.94. The van der Waals surface area contributed by atoms with Gasteiger partial charge in [-0.2, -0.15) is 0 Å². The van der Waals surface area contributed by atoms with E-state index >= 15 is 0 Å². The fraction of sp³-hybridized carbons (Fsp3) is 0.308. The summed E-state index contributed by atoms with van der Waals surface area (Å²) in [6.07, 6.45) is 4.36. The molecule has 1 amide bonds. The molecule has 5 heteroatoms. The minimum absolute atomic E-state index is 0.141. The number of benzene rings is 2. The van der Waals surface area contributed by atoms with Crippen molar-refractivity contribution in [3.8, 4) is 5.69 Å². The summed E-state index contributed by atoms with van der Waals surface area (Å²) in [4.78, 5) is 27.8. The van der Waals surface area contributed by atoms with Crippen LogP contribution in [-0.2, 0) is 6.54 Å². The molecule has 31 heavy (non-hydrogen) atoms. The SMILES string of the molecule is O=C(CC1CC(CN2Cc3ccccc3C2=O)CCN1)c1cccn1-c1ccccc1. The van der Waals surface area contributed by atoms with Crippen molar-refractivity contribution in [3.63, 3.8) is 0 Å². The highest BCUT2D eigenvalue weighted by Gasteiger charge is 2.31. The third kappa shape index (κ3) is 4.06. The molecule has 2 atom stereocenters. The Hall–Kier alpha value is -3.18. The number of nitrogens with one attached hydrogen (secondary N) is 1. The predicted octanol–water partition coefficient (Wildman–Crippen LogP) is 4.07. The Morgan fingerprint density at radius 3 is 2.65 bits per heavy atom. The van der Waals surface area contributed by atoms with E-state index < -0.39 is 0 Å². The van der Waals surface area contributed by atoms with Gasteiger partial charge < -0.3 is 14.8 Å². The van der Waals surface area contributed by atoms with E-state index in [1.165, 1.54) is 0 Å². The maximum atomic E-state index is 13.1. The van der Waals surface area contributed by atoms with Crippen LogP contribution in [0.2, 0.25) is 0 Å². The van der Waals surface area contributed by atoms with Gasteiger partial charge in [0.1, 0.15) is 0 Å². The van der Waals surface area contributed by atoms with Gasteiger partial charge in [0.25, 0.3) is 5.91 Å². The minimum atomic E-state index is 0.141. The average molecular weight is 414 g/mol. The summed E-state index contributed by atoms with van der Waals surface area (Å²) in [7, 11) is 0. The van der Waals surface area contributed by atoms with Crippen molar-refractivity contribution in [3.05, 3.63) is 89.7 Å². The lowest BCUT2D eigenvalue weighted by Crippen LogP contribution is -2.43. The lowest BCUT2D eigenvalue weighted by Gasteiger charge is -2.32. The smallest absolute Gasteiger partial charge is 0.254 e. The monoisotopic (exact) mass is 413 g/mol. The van der Waals surface area contributed by atoms with Crippen LogP contribution in [-0.4, -0.2) is 40.3 Å². The molecule has 0 spiro atoms. The number of aromatic nitrogens is 1.